The molecule has 82 valence electrons. The summed E-state index contributed by atoms with van der Waals surface area (Å²) in [5, 5.41) is 6.08. The zero-order chi connectivity index (χ0) is 11.0. The molecule has 0 unspecified atom stereocenters. The Morgan fingerprint density at radius 2 is 2.12 bits per heavy atom. The second-order valence-corrected chi connectivity index (χ2v) is 4.97. The van der Waals surface area contributed by atoms with Crippen LogP contribution >= 0.6 is 0 Å². The lowest BCUT2D eigenvalue weighted by Gasteiger charge is -2.11. The van der Waals surface area contributed by atoms with Crippen molar-refractivity contribution in [1.82, 2.24) is 10.3 Å². The first-order chi connectivity index (χ1) is 7.75. The number of hydrogen-bond donors (Lipinski definition) is 1. The smallest absolute Gasteiger partial charge is 0.0346 e. The lowest BCUT2D eigenvalue weighted by molar-refractivity contribution is 0.538. The van der Waals surface area contributed by atoms with Crippen molar-refractivity contribution in [2.24, 2.45) is 0 Å². The molecular formula is C14H16N2. The molecule has 0 radical (unpaired) electrons. The summed E-state index contributed by atoms with van der Waals surface area (Å²) >= 11 is 0. The van der Waals surface area contributed by atoms with Gasteiger partial charge < -0.3 is 5.32 Å². The van der Waals surface area contributed by atoms with E-state index in [2.05, 4.69) is 41.5 Å². The van der Waals surface area contributed by atoms with Gasteiger partial charge >= 0.3 is 0 Å². The van der Waals surface area contributed by atoms with Crippen LogP contribution < -0.4 is 5.32 Å². The quantitative estimate of drug-likeness (QED) is 0.846. The van der Waals surface area contributed by atoms with E-state index in [0.29, 0.717) is 5.54 Å². The Hall–Kier alpha value is -1.41. The third-order valence-corrected chi connectivity index (χ3v) is 3.42. The maximum Gasteiger partial charge on any atom is 0.0346 e. The van der Waals surface area contributed by atoms with Crippen molar-refractivity contribution in [2.45, 2.75) is 31.8 Å². The van der Waals surface area contributed by atoms with Crippen molar-refractivity contribution < 1.29 is 0 Å². The molecule has 0 saturated heterocycles. The Labute approximate surface area is 95.7 Å². The zero-order valence-electron chi connectivity index (χ0n) is 9.53. The highest BCUT2D eigenvalue weighted by atomic mass is 15.0. The van der Waals surface area contributed by atoms with Gasteiger partial charge in [-0.1, -0.05) is 12.1 Å². The number of nitrogens with zero attached hydrogens (tertiary/aromatic N) is 1. The molecule has 0 aliphatic heterocycles. The Morgan fingerprint density at radius 1 is 1.25 bits per heavy atom. The van der Waals surface area contributed by atoms with Gasteiger partial charge in [0.05, 0.1) is 0 Å². The van der Waals surface area contributed by atoms with E-state index >= 15 is 0 Å². The summed E-state index contributed by atoms with van der Waals surface area (Å²) in [5.41, 5.74) is 1.76. The number of benzene rings is 1. The van der Waals surface area contributed by atoms with Crippen molar-refractivity contribution in [3.8, 4) is 0 Å². The van der Waals surface area contributed by atoms with Crippen LogP contribution in [0.15, 0.2) is 36.7 Å². The van der Waals surface area contributed by atoms with Gasteiger partial charge in [-0.3, -0.25) is 4.98 Å². The zero-order valence-corrected chi connectivity index (χ0v) is 9.53. The Bertz CT molecular complexity index is 515. The number of pyridine rings is 1. The van der Waals surface area contributed by atoms with Gasteiger partial charge in [0.1, 0.15) is 0 Å². The van der Waals surface area contributed by atoms with E-state index in [-0.39, 0.29) is 0 Å². The summed E-state index contributed by atoms with van der Waals surface area (Å²) in [5.74, 6) is 0. The molecule has 0 bridgehead atoms. The average molecular weight is 212 g/mol. The Morgan fingerprint density at radius 3 is 2.94 bits per heavy atom. The minimum atomic E-state index is 0.410. The van der Waals surface area contributed by atoms with Crippen molar-refractivity contribution >= 4 is 10.8 Å². The minimum absolute atomic E-state index is 0.410. The molecule has 1 fully saturated rings. The normalized spacial score (nSPS) is 17.6. The molecule has 2 nitrogen and oxygen atoms in total. The highest BCUT2D eigenvalue weighted by molar-refractivity contribution is 5.81. The topological polar surface area (TPSA) is 24.9 Å². The van der Waals surface area contributed by atoms with Crippen molar-refractivity contribution in [1.29, 1.82) is 0 Å². The number of aromatic nitrogens is 1. The molecular weight excluding hydrogens is 196 g/mol. The molecule has 2 aromatic rings. The second-order valence-electron chi connectivity index (χ2n) is 4.97. The fourth-order valence-corrected chi connectivity index (χ4v) is 1.92. The fraction of sp³-hybridized carbons (Fsp3) is 0.357. The van der Waals surface area contributed by atoms with E-state index in [0.717, 1.165) is 6.54 Å². The lowest BCUT2D eigenvalue weighted by atomic mass is 10.1. The van der Waals surface area contributed by atoms with Crippen LogP contribution in [0.2, 0.25) is 0 Å². The minimum Gasteiger partial charge on any atom is -0.307 e. The van der Waals surface area contributed by atoms with E-state index in [1.165, 1.54) is 29.2 Å². The molecule has 1 N–H and O–H groups in total. The van der Waals surface area contributed by atoms with Crippen molar-refractivity contribution in [2.75, 3.05) is 0 Å². The van der Waals surface area contributed by atoms with Crippen LogP contribution in [0.25, 0.3) is 10.8 Å². The maximum atomic E-state index is 4.12. The first-order valence-electron chi connectivity index (χ1n) is 5.83. The van der Waals surface area contributed by atoms with Crippen LogP contribution in [0.1, 0.15) is 25.3 Å². The van der Waals surface area contributed by atoms with E-state index in [1.54, 1.807) is 0 Å². The second kappa shape index (κ2) is 3.56. The molecule has 0 amide bonds. The van der Waals surface area contributed by atoms with Gasteiger partial charge in [-0.15, -0.1) is 0 Å². The number of nitrogens with one attached hydrogen (secondary N) is 1. The Balaban J connectivity index is 1.81. The van der Waals surface area contributed by atoms with Crippen LogP contribution in [-0.2, 0) is 6.54 Å². The number of rotatable bonds is 3. The van der Waals surface area contributed by atoms with Gasteiger partial charge in [0.15, 0.2) is 0 Å². The molecule has 0 spiro atoms. The number of hydrogen-bond acceptors (Lipinski definition) is 2. The van der Waals surface area contributed by atoms with E-state index in [9.17, 15) is 0 Å². The highest BCUT2D eigenvalue weighted by Gasteiger charge is 2.36. The highest BCUT2D eigenvalue weighted by Crippen LogP contribution is 2.34. The molecule has 0 atom stereocenters. The predicted molar refractivity (Wildman–Crippen MR) is 66.2 cm³/mol. The summed E-state index contributed by atoms with van der Waals surface area (Å²) in [6, 6.07) is 8.64. The molecule has 1 heterocycles. The molecule has 2 heteroatoms. The van der Waals surface area contributed by atoms with Crippen LogP contribution in [-0.4, -0.2) is 10.5 Å². The first kappa shape index (κ1) is 9.79. The summed E-state index contributed by atoms with van der Waals surface area (Å²) in [4.78, 5) is 4.12. The molecule has 1 aromatic heterocycles. The summed E-state index contributed by atoms with van der Waals surface area (Å²) < 4.78 is 0. The van der Waals surface area contributed by atoms with Gasteiger partial charge in [0, 0.05) is 29.9 Å². The summed E-state index contributed by atoms with van der Waals surface area (Å²) in [6.07, 6.45) is 6.38. The van der Waals surface area contributed by atoms with Crippen LogP contribution in [0.4, 0.5) is 0 Å². The van der Waals surface area contributed by atoms with E-state index in [4.69, 9.17) is 0 Å². The van der Waals surface area contributed by atoms with Crippen LogP contribution in [0.3, 0.4) is 0 Å². The largest absolute Gasteiger partial charge is 0.307 e. The van der Waals surface area contributed by atoms with E-state index < -0.39 is 0 Å². The van der Waals surface area contributed by atoms with Gasteiger partial charge in [-0.25, -0.2) is 0 Å². The van der Waals surface area contributed by atoms with Gasteiger partial charge in [-0.05, 0) is 42.8 Å². The van der Waals surface area contributed by atoms with Crippen molar-refractivity contribution in [3.63, 3.8) is 0 Å². The molecule has 1 aliphatic carbocycles. The van der Waals surface area contributed by atoms with E-state index in [1.807, 2.05) is 12.4 Å². The van der Waals surface area contributed by atoms with Crippen LogP contribution in [0, 0.1) is 0 Å². The third kappa shape index (κ3) is 1.93. The van der Waals surface area contributed by atoms with Gasteiger partial charge in [0.25, 0.3) is 0 Å². The monoisotopic (exact) mass is 212 g/mol. The van der Waals surface area contributed by atoms with Crippen molar-refractivity contribution in [3.05, 3.63) is 42.2 Å². The summed E-state index contributed by atoms with van der Waals surface area (Å²) in [6.45, 7) is 3.26. The molecule has 1 aromatic carbocycles. The average Bonchev–Trinajstić information content (AvgIpc) is 3.05. The molecule has 3 rings (SSSR count). The standard InChI is InChI=1S/C14H16N2/c1-14(5-6-14)16-9-11-2-3-13-10-15-7-4-12(13)8-11/h2-4,7-8,10,16H,5-6,9H2,1H3. The molecule has 16 heavy (non-hydrogen) atoms. The predicted octanol–water partition coefficient (Wildman–Crippen LogP) is 2.88. The number of fused-ring (bicyclic) bond motifs is 1. The lowest BCUT2D eigenvalue weighted by Crippen LogP contribution is -2.26. The third-order valence-electron chi connectivity index (χ3n) is 3.42. The van der Waals surface area contributed by atoms with Gasteiger partial charge in [0.2, 0.25) is 0 Å². The molecule has 1 aliphatic rings. The molecule has 1 saturated carbocycles. The Kier molecular flexibility index (Phi) is 2.18. The van der Waals surface area contributed by atoms with Crippen LogP contribution in [0.5, 0.6) is 0 Å². The summed E-state index contributed by atoms with van der Waals surface area (Å²) in [7, 11) is 0. The van der Waals surface area contributed by atoms with Gasteiger partial charge in [-0.2, -0.15) is 0 Å². The fourth-order valence-electron chi connectivity index (χ4n) is 1.92. The first-order valence-corrected chi connectivity index (χ1v) is 5.83. The maximum absolute atomic E-state index is 4.12. The SMILES string of the molecule is CC1(NCc2ccc3cnccc3c2)CC1.